The Hall–Kier alpha value is -2.17. The molecule has 4 nitrogen and oxygen atoms in total. The van der Waals surface area contributed by atoms with Crippen LogP contribution in [0.4, 0.5) is 0 Å². The van der Waals surface area contributed by atoms with Gasteiger partial charge in [0.05, 0.1) is 25.3 Å². The number of methoxy groups -OCH3 is 1. The second kappa shape index (κ2) is 6.08. The van der Waals surface area contributed by atoms with Crippen molar-refractivity contribution < 1.29 is 14.3 Å². The van der Waals surface area contributed by atoms with E-state index in [-0.39, 0.29) is 18.1 Å². The van der Waals surface area contributed by atoms with E-state index >= 15 is 0 Å². The van der Waals surface area contributed by atoms with Crippen LogP contribution in [0, 0.1) is 0 Å². The molecule has 3 rings (SSSR count). The Bertz CT molecular complexity index is 627. The van der Waals surface area contributed by atoms with Gasteiger partial charge in [0.15, 0.2) is 5.78 Å². The van der Waals surface area contributed by atoms with Crippen molar-refractivity contribution in [2.75, 3.05) is 13.7 Å². The molecule has 2 unspecified atom stereocenters. The molecule has 2 atom stereocenters. The van der Waals surface area contributed by atoms with Crippen LogP contribution in [0.2, 0.25) is 0 Å². The van der Waals surface area contributed by atoms with Crippen LogP contribution in [-0.2, 0) is 4.74 Å². The molecule has 1 N–H and O–H groups in total. The number of rotatable bonds is 4. The third-order valence-corrected chi connectivity index (χ3v) is 3.57. The molecule has 108 valence electrons. The van der Waals surface area contributed by atoms with Gasteiger partial charge in [0, 0.05) is 0 Å². The lowest BCUT2D eigenvalue weighted by atomic mass is 10.0. The number of ether oxygens (including phenoxy) is 2. The molecule has 0 spiro atoms. The predicted molar refractivity (Wildman–Crippen MR) is 79.4 cm³/mol. The van der Waals surface area contributed by atoms with Crippen LogP contribution in [-0.4, -0.2) is 25.5 Å². The fourth-order valence-corrected chi connectivity index (χ4v) is 2.48. The quantitative estimate of drug-likeness (QED) is 0.876. The van der Waals surface area contributed by atoms with Crippen molar-refractivity contribution in [2.24, 2.45) is 0 Å². The van der Waals surface area contributed by atoms with E-state index in [1.165, 1.54) is 0 Å². The van der Waals surface area contributed by atoms with E-state index in [1.807, 2.05) is 42.5 Å². The maximum absolute atomic E-state index is 12.6. The molecule has 0 bridgehead atoms. The van der Waals surface area contributed by atoms with Crippen molar-refractivity contribution in [2.45, 2.75) is 12.3 Å². The average molecular weight is 283 g/mol. The Balaban J connectivity index is 1.75. The maximum atomic E-state index is 12.6. The molecule has 1 heterocycles. The zero-order valence-corrected chi connectivity index (χ0v) is 11.8. The molecule has 0 aliphatic carbocycles. The molecule has 2 aromatic carbocycles. The second-order valence-corrected chi connectivity index (χ2v) is 4.91. The maximum Gasteiger partial charge on any atom is 0.185 e. The molecule has 1 aliphatic heterocycles. The zero-order chi connectivity index (χ0) is 14.7. The topological polar surface area (TPSA) is 47.6 Å². The van der Waals surface area contributed by atoms with Gasteiger partial charge in [0.1, 0.15) is 12.0 Å². The van der Waals surface area contributed by atoms with E-state index in [1.54, 1.807) is 19.2 Å². The molecule has 0 saturated carbocycles. The van der Waals surface area contributed by atoms with Gasteiger partial charge in [-0.3, -0.25) is 10.1 Å². The van der Waals surface area contributed by atoms with Gasteiger partial charge in [0.2, 0.25) is 0 Å². The number of nitrogens with one attached hydrogen (secondary N) is 1. The lowest BCUT2D eigenvalue weighted by Gasteiger charge is -2.13. The van der Waals surface area contributed by atoms with Crippen LogP contribution in [0.5, 0.6) is 5.75 Å². The summed E-state index contributed by atoms with van der Waals surface area (Å²) in [5, 5.41) is 3.23. The fraction of sp³-hybridized carbons (Fsp3) is 0.235. The van der Waals surface area contributed by atoms with Crippen molar-refractivity contribution in [3.05, 3.63) is 65.7 Å². The molecular weight excluding hydrogens is 266 g/mol. The molecule has 1 fully saturated rings. The van der Waals surface area contributed by atoms with E-state index < -0.39 is 0 Å². The summed E-state index contributed by atoms with van der Waals surface area (Å²) in [6.45, 7) is 0.358. The summed E-state index contributed by atoms with van der Waals surface area (Å²) in [6, 6.07) is 16.7. The number of ketones is 1. The molecule has 4 heteroatoms. The minimum Gasteiger partial charge on any atom is -0.496 e. The van der Waals surface area contributed by atoms with Crippen LogP contribution >= 0.6 is 0 Å². The summed E-state index contributed by atoms with van der Waals surface area (Å²) >= 11 is 0. The monoisotopic (exact) mass is 283 g/mol. The van der Waals surface area contributed by atoms with Crippen molar-refractivity contribution in [1.82, 2.24) is 5.32 Å². The van der Waals surface area contributed by atoms with E-state index in [0.717, 1.165) is 5.56 Å². The highest BCUT2D eigenvalue weighted by atomic mass is 16.5. The van der Waals surface area contributed by atoms with E-state index in [2.05, 4.69) is 5.32 Å². The molecule has 2 aromatic rings. The Kier molecular flexibility index (Phi) is 3.99. The fourth-order valence-electron chi connectivity index (χ4n) is 2.48. The second-order valence-electron chi connectivity index (χ2n) is 4.91. The highest BCUT2D eigenvalue weighted by Crippen LogP contribution is 2.25. The number of carbonyl (C=O) groups excluding carboxylic acids is 1. The van der Waals surface area contributed by atoms with E-state index in [9.17, 15) is 4.79 Å². The largest absolute Gasteiger partial charge is 0.496 e. The number of hydrogen-bond donors (Lipinski definition) is 1. The van der Waals surface area contributed by atoms with Crippen LogP contribution in [0.3, 0.4) is 0 Å². The zero-order valence-electron chi connectivity index (χ0n) is 11.8. The smallest absolute Gasteiger partial charge is 0.185 e. The van der Waals surface area contributed by atoms with Crippen LogP contribution < -0.4 is 10.1 Å². The first-order chi connectivity index (χ1) is 10.3. The number of Topliss-reactive ketones (excluding diaryl/α,β-unsaturated/α-hetero) is 1. The van der Waals surface area contributed by atoms with Crippen molar-refractivity contribution in [1.29, 1.82) is 0 Å². The van der Waals surface area contributed by atoms with Gasteiger partial charge < -0.3 is 9.47 Å². The van der Waals surface area contributed by atoms with E-state index in [0.29, 0.717) is 17.9 Å². The highest BCUT2D eigenvalue weighted by molar-refractivity contribution is 6.02. The van der Waals surface area contributed by atoms with Crippen molar-refractivity contribution in [3.8, 4) is 5.75 Å². The Morgan fingerprint density at radius 1 is 1.14 bits per heavy atom. The van der Waals surface area contributed by atoms with Gasteiger partial charge in [-0.05, 0) is 17.7 Å². The SMILES string of the molecule is COc1ccccc1C(=O)C1COC(c2ccccc2)N1. The first-order valence-corrected chi connectivity index (χ1v) is 6.89. The molecule has 0 aromatic heterocycles. The third-order valence-electron chi connectivity index (χ3n) is 3.57. The van der Waals surface area contributed by atoms with Gasteiger partial charge >= 0.3 is 0 Å². The van der Waals surface area contributed by atoms with E-state index in [4.69, 9.17) is 9.47 Å². The lowest BCUT2D eigenvalue weighted by molar-refractivity contribution is 0.0906. The van der Waals surface area contributed by atoms with Crippen LogP contribution in [0.25, 0.3) is 0 Å². The van der Waals surface area contributed by atoms with Gasteiger partial charge in [-0.15, -0.1) is 0 Å². The molecular formula is C17H17NO3. The summed E-state index contributed by atoms with van der Waals surface area (Å²) in [5.41, 5.74) is 1.60. The number of benzene rings is 2. The van der Waals surface area contributed by atoms with Crippen molar-refractivity contribution >= 4 is 5.78 Å². The normalized spacial score (nSPS) is 21.2. The van der Waals surface area contributed by atoms with Gasteiger partial charge in [-0.1, -0.05) is 42.5 Å². The summed E-state index contributed by atoms with van der Waals surface area (Å²) in [6.07, 6.45) is -0.241. The molecule has 0 amide bonds. The summed E-state index contributed by atoms with van der Waals surface area (Å²) in [7, 11) is 1.57. The molecule has 21 heavy (non-hydrogen) atoms. The highest BCUT2D eigenvalue weighted by Gasteiger charge is 2.32. The average Bonchev–Trinajstić information content (AvgIpc) is 3.05. The first kappa shape index (κ1) is 13.8. The molecule has 1 saturated heterocycles. The predicted octanol–water partition coefficient (Wildman–Crippen LogP) is 2.57. The van der Waals surface area contributed by atoms with Crippen LogP contribution in [0.1, 0.15) is 22.1 Å². The third kappa shape index (κ3) is 2.82. The Labute approximate surface area is 123 Å². The lowest BCUT2D eigenvalue weighted by Crippen LogP contribution is -2.34. The number of hydrogen-bond acceptors (Lipinski definition) is 4. The summed E-state index contributed by atoms with van der Waals surface area (Å²) in [4.78, 5) is 12.6. The molecule has 1 aliphatic rings. The van der Waals surface area contributed by atoms with Crippen LogP contribution in [0.15, 0.2) is 54.6 Å². The Morgan fingerprint density at radius 2 is 1.86 bits per heavy atom. The summed E-state index contributed by atoms with van der Waals surface area (Å²) in [5.74, 6) is 0.582. The number of para-hydroxylation sites is 1. The van der Waals surface area contributed by atoms with Gasteiger partial charge in [-0.25, -0.2) is 0 Å². The minimum atomic E-state index is -0.355. The number of carbonyl (C=O) groups is 1. The first-order valence-electron chi connectivity index (χ1n) is 6.89. The summed E-state index contributed by atoms with van der Waals surface area (Å²) < 4.78 is 10.9. The van der Waals surface area contributed by atoms with Gasteiger partial charge in [-0.2, -0.15) is 0 Å². The standard InChI is InChI=1S/C17H17NO3/c1-20-15-10-6-5-9-13(15)16(19)14-11-21-17(18-14)12-7-3-2-4-8-12/h2-10,14,17-18H,11H2,1H3. The van der Waals surface area contributed by atoms with Gasteiger partial charge in [0.25, 0.3) is 0 Å². The van der Waals surface area contributed by atoms with Crippen molar-refractivity contribution in [3.63, 3.8) is 0 Å². The minimum absolute atomic E-state index is 0.00844. The molecule has 0 radical (unpaired) electrons. The Morgan fingerprint density at radius 3 is 2.62 bits per heavy atom.